The minimum absolute atomic E-state index is 0.0893. The van der Waals surface area contributed by atoms with Crippen LogP contribution in [0.2, 0.25) is 0 Å². The van der Waals surface area contributed by atoms with Gasteiger partial charge in [-0.3, -0.25) is 9.59 Å². The maximum absolute atomic E-state index is 12.5. The van der Waals surface area contributed by atoms with E-state index >= 15 is 0 Å². The van der Waals surface area contributed by atoms with Crippen LogP contribution in [0.3, 0.4) is 0 Å². The number of thiophene rings is 1. The van der Waals surface area contributed by atoms with E-state index in [0.717, 1.165) is 19.8 Å². The molecule has 1 heterocycles. The van der Waals surface area contributed by atoms with Gasteiger partial charge >= 0.3 is 5.97 Å². The third-order valence-electron chi connectivity index (χ3n) is 3.46. The number of amides is 1. The molecule has 0 spiro atoms. The lowest BCUT2D eigenvalue weighted by molar-refractivity contribution is -0.141. The highest BCUT2D eigenvalue weighted by molar-refractivity contribution is 9.10. The predicted octanol–water partition coefficient (Wildman–Crippen LogP) is 4.16. The van der Waals surface area contributed by atoms with Gasteiger partial charge in [-0.2, -0.15) is 0 Å². The van der Waals surface area contributed by atoms with Crippen molar-refractivity contribution in [3.05, 3.63) is 55.7 Å². The minimum Gasteiger partial charge on any atom is -0.469 e. The molecule has 122 valence electrons. The number of methoxy groups -OCH3 is 1. The molecule has 1 atom stereocenters. The fourth-order valence-electron chi connectivity index (χ4n) is 2.29. The van der Waals surface area contributed by atoms with E-state index in [-0.39, 0.29) is 18.3 Å². The summed E-state index contributed by atoms with van der Waals surface area (Å²) in [6, 6.07) is 8.96. The van der Waals surface area contributed by atoms with Crippen LogP contribution in [0.5, 0.6) is 0 Å². The summed E-state index contributed by atoms with van der Waals surface area (Å²) in [4.78, 5) is 26.3. The van der Waals surface area contributed by atoms with Gasteiger partial charge in [-0.15, -0.1) is 11.3 Å². The largest absolute Gasteiger partial charge is 0.469 e. The Bertz CT molecular complexity index is 709. The molecule has 2 rings (SSSR count). The number of carbonyl (C=O) groups excluding carboxylic acids is 2. The fraction of sp³-hybridized carbons (Fsp3) is 0.294. The Kier molecular flexibility index (Phi) is 5.96. The van der Waals surface area contributed by atoms with Crippen LogP contribution in [0.4, 0.5) is 0 Å². The van der Waals surface area contributed by atoms with E-state index in [9.17, 15) is 9.59 Å². The summed E-state index contributed by atoms with van der Waals surface area (Å²) in [5.41, 5.74) is 1.51. The van der Waals surface area contributed by atoms with Gasteiger partial charge in [0.2, 0.25) is 0 Å². The first-order chi connectivity index (χ1) is 10.9. The molecule has 1 N–H and O–H groups in total. The zero-order valence-corrected chi connectivity index (χ0v) is 15.6. The van der Waals surface area contributed by atoms with Gasteiger partial charge in [0.25, 0.3) is 5.91 Å². The Hall–Kier alpha value is -1.66. The number of halogens is 1. The first-order valence-corrected chi connectivity index (χ1v) is 8.72. The SMILES string of the molecule is COC(=O)CC(NC(=O)c1cc(C)sc1C)c1ccc(Br)cc1. The molecule has 1 aromatic heterocycles. The molecule has 0 saturated heterocycles. The zero-order chi connectivity index (χ0) is 17.0. The molecule has 0 aliphatic heterocycles. The molecular formula is C17H18BrNO3S. The molecule has 6 heteroatoms. The molecule has 0 saturated carbocycles. The molecule has 23 heavy (non-hydrogen) atoms. The van der Waals surface area contributed by atoms with E-state index in [0.29, 0.717) is 5.56 Å². The van der Waals surface area contributed by atoms with Gasteiger partial charge < -0.3 is 10.1 Å². The van der Waals surface area contributed by atoms with Crippen LogP contribution < -0.4 is 5.32 Å². The van der Waals surface area contributed by atoms with Gasteiger partial charge in [0, 0.05) is 14.2 Å². The van der Waals surface area contributed by atoms with Gasteiger partial charge in [-0.05, 0) is 37.6 Å². The van der Waals surface area contributed by atoms with Crippen molar-refractivity contribution in [2.75, 3.05) is 7.11 Å². The van der Waals surface area contributed by atoms with E-state index in [2.05, 4.69) is 21.2 Å². The number of carbonyl (C=O) groups is 2. The van der Waals surface area contributed by atoms with E-state index < -0.39 is 6.04 Å². The van der Waals surface area contributed by atoms with Crippen molar-refractivity contribution in [3.63, 3.8) is 0 Å². The second-order valence-corrected chi connectivity index (χ2v) is 7.56. The molecule has 4 nitrogen and oxygen atoms in total. The van der Waals surface area contributed by atoms with Gasteiger partial charge in [0.15, 0.2) is 0 Å². The highest BCUT2D eigenvalue weighted by Crippen LogP contribution is 2.24. The smallest absolute Gasteiger partial charge is 0.307 e. The highest BCUT2D eigenvalue weighted by atomic mass is 79.9. The van der Waals surface area contributed by atoms with Crippen molar-refractivity contribution in [1.29, 1.82) is 0 Å². The highest BCUT2D eigenvalue weighted by Gasteiger charge is 2.21. The average Bonchev–Trinajstić information content (AvgIpc) is 2.86. The second kappa shape index (κ2) is 7.75. The molecule has 0 fully saturated rings. The lowest BCUT2D eigenvalue weighted by atomic mass is 10.0. The summed E-state index contributed by atoms with van der Waals surface area (Å²) in [7, 11) is 1.34. The topological polar surface area (TPSA) is 55.4 Å². The molecular weight excluding hydrogens is 378 g/mol. The molecule has 2 aromatic rings. The number of hydrogen-bond acceptors (Lipinski definition) is 4. The molecule has 0 bridgehead atoms. The number of hydrogen-bond donors (Lipinski definition) is 1. The van der Waals surface area contributed by atoms with Crippen LogP contribution >= 0.6 is 27.3 Å². The quantitative estimate of drug-likeness (QED) is 0.773. The first-order valence-electron chi connectivity index (χ1n) is 7.11. The zero-order valence-electron chi connectivity index (χ0n) is 13.2. The maximum Gasteiger partial charge on any atom is 0.307 e. The molecule has 1 amide bonds. The number of benzene rings is 1. The van der Waals surface area contributed by atoms with E-state index in [1.54, 1.807) is 11.3 Å². The number of ether oxygens (including phenoxy) is 1. The number of esters is 1. The van der Waals surface area contributed by atoms with Crippen LogP contribution in [-0.2, 0) is 9.53 Å². The fourth-order valence-corrected chi connectivity index (χ4v) is 3.48. The molecule has 1 aromatic carbocycles. The van der Waals surface area contributed by atoms with Crippen LogP contribution in [-0.4, -0.2) is 19.0 Å². The standard InChI is InChI=1S/C17H18BrNO3S/c1-10-8-14(11(2)23-10)17(21)19-15(9-16(20)22-3)12-4-6-13(18)7-5-12/h4-8,15H,9H2,1-3H3,(H,19,21). The Morgan fingerprint density at radius 1 is 1.26 bits per heavy atom. The number of aryl methyl sites for hydroxylation is 2. The Labute approximate surface area is 148 Å². The van der Waals surface area contributed by atoms with Gasteiger partial charge in [0.1, 0.15) is 0 Å². The third kappa shape index (κ3) is 4.65. The van der Waals surface area contributed by atoms with E-state index in [1.165, 1.54) is 7.11 Å². The minimum atomic E-state index is -0.428. The van der Waals surface area contributed by atoms with Crippen LogP contribution in [0.25, 0.3) is 0 Å². The molecule has 0 radical (unpaired) electrons. The summed E-state index contributed by atoms with van der Waals surface area (Å²) in [6.07, 6.45) is 0.0893. The van der Waals surface area contributed by atoms with Crippen molar-refractivity contribution >= 4 is 39.1 Å². The lowest BCUT2D eigenvalue weighted by Gasteiger charge is -2.18. The van der Waals surface area contributed by atoms with Gasteiger partial charge in [-0.25, -0.2) is 0 Å². The monoisotopic (exact) mass is 395 g/mol. The summed E-state index contributed by atoms with van der Waals surface area (Å²) in [5.74, 6) is -0.542. The number of nitrogens with one attached hydrogen (secondary N) is 1. The maximum atomic E-state index is 12.5. The number of rotatable bonds is 5. The van der Waals surface area contributed by atoms with Gasteiger partial charge in [0.05, 0.1) is 25.1 Å². The molecule has 0 aliphatic rings. The Balaban J connectivity index is 2.23. The summed E-state index contributed by atoms with van der Waals surface area (Å²) in [5, 5.41) is 2.94. The Morgan fingerprint density at radius 2 is 1.91 bits per heavy atom. The van der Waals surface area contributed by atoms with Crippen LogP contribution in [0.15, 0.2) is 34.8 Å². The summed E-state index contributed by atoms with van der Waals surface area (Å²) < 4.78 is 5.68. The third-order valence-corrected chi connectivity index (χ3v) is 4.96. The normalized spacial score (nSPS) is 11.8. The van der Waals surface area contributed by atoms with Crippen molar-refractivity contribution < 1.29 is 14.3 Å². The lowest BCUT2D eigenvalue weighted by Crippen LogP contribution is -2.30. The van der Waals surface area contributed by atoms with Crippen molar-refractivity contribution in [1.82, 2.24) is 5.32 Å². The average molecular weight is 396 g/mol. The van der Waals surface area contributed by atoms with Crippen LogP contribution in [0, 0.1) is 13.8 Å². The summed E-state index contributed by atoms with van der Waals surface area (Å²) >= 11 is 4.96. The molecule has 1 unspecified atom stereocenters. The van der Waals surface area contributed by atoms with Crippen molar-refractivity contribution in [3.8, 4) is 0 Å². The van der Waals surface area contributed by atoms with Gasteiger partial charge in [-0.1, -0.05) is 28.1 Å². The Morgan fingerprint density at radius 3 is 2.43 bits per heavy atom. The van der Waals surface area contributed by atoms with Crippen LogP contribution in [0.1, 0.15) is 38.1 Å². The predicted molar refractivity (Wildman–Crippen MR) is 94.8 cm³/mol. The van der Waals surface area contributed by atoms with E-state index in [1.807, 2.05) is 44.2 Å². The summed E-state index contributed by atoms with van der Waals surface area (Å²) in [6.45, 7) is 3.89. The van der Waals surface area contributed by atoms with Crippen molar-refractivity contribution in [2.24, 2.45) is 0 Å². The van der Waals surface area contributed by atoms with E-state index in [4.69, 9.17) is 4.74 Å². The van der Waals surface area contributed by atoms with Crippen molar-refractivity contribution in [2.45, 2.75) is 26.3 Å². The first kappa shape index (κ1) is 17.7. The second-order valence-electron chi connectivity index (χ2n) is 5.18. The molecule has 0 aliphatic carbocycles.